The second-order valence-corrected chi connectivity index (χ2v) is 4.19. The first-order chi connectivity index (χ1) is 8.86. The Hall–Kier alpha value is -1.59. The van der Waals surface area contributed by atoms with Gasteiger partial charge in [0.2, 0.25) is 0 Å². The summed E-state index contributed by atoms with van der Waals surface area (Å²) in [5.74, 6) is 0.870. The van der Waals surface area contributed by atoms with Gasteiger partial charge in [0.05, 0.1) is 12.5 Å². The van der Waals surface area contributed by atoms with E-state index in [1.807, 2.05) is 24.5 Å². The molecule has 0 radical (unpaired) electrons. The number of furan rings is 1. The smallest absolute Gasteiger partial charge is 0.129 e. The molecule has 0 aliphatic carbocycles. The molecule has 0 fully saturated rings. The van der Waals surface area contributed by atoms with E-state index in [2.05, 4.69) is 22.4 Å². The maximum atomic E-state index is 5.50. The average Bonchev–Trinajstić information content (AvgIpc) is 3.05. The van der Waals surface area contributed by atoms with Crippen molar-refractivity contribution in [2.75, 3.05) is 13.2 Å². The standard InChI is InChI=1S/C13H19N3O2/c1-11(12-8-15-16-9-12)14-5-3-6-17-10-13-4-2-7-18-13/h2,4,7-9,11,14H,3,5-6,10H2,1H3,(H,15,16). The molecule has 2 heterocycles. The molecular weight excluding hydrogens is 230 g/mol. The van der Waals surface area contributed by atoms with Gasteiger partial charge in [0.1, 0.15) is 12.4 Å². The largest absolute Gasteiger partial charge is 0.467 e. The second-order valence-electron chi connectivity index (χ2n) is 4.19. The minimum Gasteiger partial charge on any atom is -0.467 e. The van der Waals surface area contributed by atoms with Crippen LogP contribution < -0.4 is 5.32 Å². The van der Waals surface area contributed by atoms with Crippen LogP contribution in [0.2, 0.25) is 0 Å². The van der Waals surface area contributed by atoms with E-state index >= 15 is 0 Å². The number of H-pyrrole nitrogens is 1. The van der Waals surface area contributed by atoms with Crippen molar-refractivity contribution in [1.29, 1.82) is 0 Å². The maximum Gasteiger partial charge on any atom is 0.129 e. The highest BCUT2D eigenvalue weighted by atomic mass is 16.5. The molecule has 5 heteroatoms. The van der Waals surface area contributed by atoms with E-state index in [-0.39, 0.29) is 0 Å². The van der Waals surface area contributed by atoms with Crippen LogP contribution >= 0.6 is 0 Å². The molecule has 0 amide bonds. The van der Waals surface area contributed by atoms with Crippen molar-refractivity contribution in [1.82, 2.24) is 15.5 Å². The fourth-order valence-corrected chi connectivity index (χ4v) is 1.68. The Bertz CT molecular complexity index is 411. The Kier molecular flexibility index (Phi) is 4.99. The van der Waals surface area contributed by atoms with Crippen molar-refractivity contribution < 1.29 is 9.15 Å². The zero-order valence-electron chi connectivity index (χ0n) is 10.6. The Morgan fingerprint density at radius 3 is 3.22 bits per heavy atom. The van der Waals surface area contributed by atoms with Crippen molar-refractivity contribution in [2.24, 2.45) is 0 Å². The van der Waals surface area contributed by atoms with Crippen molar-refractivity contribution >= 4 is 0 Å². The van der Waals surface area contributed by atoms with Crippen molar-refractivity contribution in [3.8, 4) is 0 Å². The lowest BCUT2D eigenvalue weighted by molar-refractivity contribution is 0.104. The van der Waals surface area contributed by atoms with Crippen LogP contribution in [-0.2, 0) is 11.3 Å². The number of aromatic nitrogens is 2. The van der Waals surface area contributed by atoms with Crippen LogP contribution in [-0.4, -0.2) is 23.3 Å². The molecule has 0 bridgehead atoms. The third-order valence-corrected chi connectivity index (χ3v) is 2.76. The molecular formula is C13H19N3O2. The van der Waals surface area contributed by atoms with E-state index < -0.39 is 0 Å². The molecule has 0 aliphatic heterocycles. The first-order valence-electron chi connectivity index (χ1n) is 6.18. The van der Waals surface area contributed by atoms with Crippen LogP contribution in [0.3, 0.4) is 0 Å². The summed E-state index contributed by atoms with van der Waals surface area (Å²) in [6, 6.07) is 4.10. The summed E-state index contributed by atoms with van der Waals surface area (Å²) in [5, 5.41) is 10.2. The number of hydrogen-bond donors (Lipinski definition) is 2. The van der Waals surface area contributed by atoms with Gasteiger partial charge in [-0.3, -0.25) is 5.10 Å². The Labute approximate surface area is 107 Å². The lowest BCUT2D eigenvalue weighted by Gasteiger charge is -2.11. The van der Waals surface area contributed by atoms with Gasteiger partial charge in [-0.1, -0.05) is 0 Å². The van der Waals surface area contributed by atoms with Gasteiger partial charge >= 0.3 is 0 Å². The predicted molar refractivity (Wildman–Crippen MR) is 68.0 cm³/mol. The van der Waals surface area contributed by atoms with Crippen LogP contribution in [0.5, 0.6) is 0 Å². The summed E-state index contributed by atoms with van der Waals surface area (Å²) in [6.45, 7) is 4.31. The van der Waals surface area contributed by atoms with Crippen LogP contribution in [0.15, 0.2) is 35.2 Å². The Morgan fingerprint density at radius 1 is 1.56 bits per heavy atom. The molecule has 1 atom stereocenters. The third kappa shape index (κ3) is 4.01. The molecule has 0 spiro atoms. The monoisotopic (exact) mass is 249 g/mol. The lowest BCUT2D eigenvalue weighted by Crippen LogP contribution is -2.20. The Balaban J connectivity index is 1.51. The molecule has 0 aliphatic rings. The number of rotatable bonds is 8. The third-order valence-electron chi connectivity index (χ3n) is 2.76. The molecule has 5 nitrogen and oxygen atoms in total. The fourth-order valence-electron chi connectivity index (χ4n) is 1.68. The van der Waals surface area contributed by atoms with Crippen molar-refractivity contribution in [3.05, 3.63) is 42.1 Å². The minimum absolute atomic E-state index is 0.314. The molecule has 2 aromatic heterocycles. The van der Waals surface area contributed by atoms with Crippen LogP contribution in [0.25, 0.3) is 0 Å². The fraction of sp³-hybridized carbons (Fsp3) is 0.462. The summed E-state index contributed by atoms with van der Waals surface area (Å²) in [5.41, 5.74) is 1.17. The molecule has 2 rings (SSSR count). The van der Waals surface area contributed by atoms with Crippen molar-refractivity contribution in [2.45, 2.75) is 26.0 Å². The van der Waals surface area contributed by atoms with Gasteiger partial charge in [0.15, 0.2) is 0 Å². The number of nitrogens with one attached hydrogen (secondary N) is 2. The van der Waals surface area contributed by atoms with Crippen LogP contribution in [0.4, 0.5) is 0 Å². The van der Waals surface area contributed by atoms with E-state index in [0.29, 0.717) is 12.6 Å². The zero-order chi connectivity index (χ0) is 12.6. The topological polar surface area (TPSA) is 63.1 Å². The minimum atomic E-state index is 0.314. The highest BCUT2D eigenvalue weighted by Gasteiger charge is 2.04. The van der Waals surface area contributed by atoms with E-state index in [0.717, 1.165) is 25.3 Å². The molecule has 0 saturated carbocycles. The van der Waals surface area contributed by atoms with E-state index in [9.17, 15) is 0 Å². The maximum absolute atomic E-state index is 5.50. The second kappa shape index (κ2) is 6.98. The number of nitrogens with zero attached hydrogens (tertiary/aromatic N) is 1. The highest BCUT2D eigenvalue weighted by molar-refractivity contribution is 5.07. The first kappa shape index (κ1) is 12.9. The predicted octanol–water partition coefficient (Wildman–Crippen LogP) is 2.26. The molecule has 18 heavy (non-hydrogen) atoms. The van der Waals surface area contributed by atoms with Gasteiger partial charge in [0.25, 0.3) is 0 Å². The molecule has 0 saturated heterocycles. The molecule has 2 N–H and O–H groups in total. The molecule has 1 unspecified atom stereocenters. The quantitative estimate of drug-likeness (QED) is 0.704. The number of hydrogen-bond acceptors (Lipinski definition) is 4. The molecule has 2 aromatic rings. The van der Waals surface area contributed by atoms with E-state index in [4.69, 9.17) is 9.15 Å². The van der Waals surface area contributed by atoms with Crippen LogP contribution in [0.1, 0.15) is 30.7 Å². The number of ether oxygens (including phenoxy) is 1. The average molecular weight is 249 g/mol. The van der Waals surface area contributed by atoms with Gasteiger partial charge in [-0.05, 0) is 32.0 Å². The first-order valence-corrected chi connectivity index (χ1v) is 6.18. The molecule has 0 aromatic carbocycles. The Morgan fingerprint density at radius 2 is 2.50 bits per heavy atom. The SMILES string of the molecule is CC(NCCCOCc1ccco1)c1cn[nH]c1. The summed E-state index contributed by atoms with van der Waals surface area (Å²) in [4.78, 5) is 0. The van der Waals surface area contributed by atoms with Gasteiger partial charge in [-0.25, -0.2) is 0 Å². The van der Waals surface area contributed by atoms with Crippen LogP contribution in [0, 0.1) is 0 Å². The summed E-state index contributed by atoms with van der Waals surface area (Å²) < 4.78 is 10.7. The van der Waals surface area contributed by atoms with Gasteiger partial charge in [-0.2, -0.15) is 5.10 Å². The summed E-state index contributed by atoms with van der Waals surface area (Å²) in [6.07, 6.45) is 6.38. The summed E-state index contributed by atoms with van der Waals surface area (Å²) >= 11 is 0. The van der Waals surface area contributed by atoms with E-state index in [1.165, 1.54) is 5.56 Å². The van der Waals surface area contributed by atoms with E-state index in [1.54, 1.807) is 6.26 Å². The van der Waals surface area contributed by atoms with Gasteiger partial charge in [-0.15, -0.1) is 0 Å². The summed E-state index contributed by atoms with van der Waals surface area (Å²) in [7, 11) is 0. The van der Waals surface area contributed by atoms with Gasteiger partial charge < -0.3 is 14.5 Å². The molecule has 98 valence electrons. The number of aromatic amines is 1. The van der Waals surface area contributed by atoms with Crippen molar-refractivity contribution in [3.63, 3.8) is 0 Å². The van der Waals surface area contributed by atoms with Gasteiger partial charge in [0, 0.05) is 24.4 Å². The highest BCUT2D eigenvalue weighted by Crippen LogP contribution is 2.08. The normalized spacial score (nSPS) is 12.7. The lowest BCUT2D eigenvalue weighted by atomic mass is 10.2. The zero-order valence-corrected chi connectivity index (χ0v) is 10.6.